The number of guanidine groups is 1. The largest absolute Gasteiger partial charge is 0.574 e. The van der Waals surface area contributed by atoms with E-state index in [4.69, 9.17) is 5.73 Å². The smallest absolute Gasteiger partial charge is 0.388 e. The van der Waals surface area contributed by atoms with Crippen LogP contribution in [-0.4, -0.2) is 46.8 Å². The van der Waals surface area contributed by atoms with E-state index in [2.05, 4.69) is 30.3 Å². The Morgan fingerprint density at radius 1 is 1.06 bits per heavy atom. The lowest BCUT2D eigenvalue weighted by atomic mass is 9.76. The number of pyridine rings is 1. The Bertz CT molecular complexity index is 918. The number of halogens is 7. The number of aliphatic imine (C=N–C) groups is 2. The fraction of sp³-hybridized carbons (Fsp3) is 0.588. The number of nitrogens with two attached hydrogens (primary N) is 1. The second kappa shape index (κ2) is 6.93. The maximum Gasteiger partial charge on any atom is 0.574 e. The first-order valence-electron chi connectivity index (χ1n) is 9.23. The summed E-state index contributed by atoms with van der Waals surface area (Å²) in [6, 6.07) is 2.73. The van der Waals surface area contributed by atoms with E-state index in [0.29, 0.717) is 0 Å². The summed E-state index contributed by atoms with van der Waals surface area (Å²) < 4.78 is 94.3. The van der Waals surface area contributed by atoms with E-state index in [1.54, 1.807) is 0 Å². The summed E-state index contributed by atoms with van der Waals surface area (Å²) >= 11 is 0. The second-order valence-electron chi connectivity index (χ2n) is 7.80. The van der Waals surface area contributed by atoms with Crippen molar-refractivity contribution < 1.29 is 35.5 Å². The van der Waals surface area contributed by atoms with Crippen LogP contribution in [0, 0.1) is 5.92 Å². The van der Waals surface area contributed by atoms with E-state index in [-0.39, 0.29) is 17.5 Å². The van der Waals surface area contributed by atoms with Crippen LogP contribution in [0.3, 0.4) is 0 Å². The van der Waals surface area contributed by atoms with E-state index < -0.39 is 67.5 Å². The highest BCUT2D eigenvalue weighted by atomic mass is 19.4. The zero-order chi connectivity index (χ0) is 22.7. The van der Waals surface area contributed by atoms with E-state index in [0.717, 1.165) is 6.07 Å². The maximum atomic E-state index is 13.4. The highest BCUT2D eigenvalue weighted by Crippen LogP contribution is 2.47. The topological polar surface area (TPSA) is 96.9 Å². The van der Waals surface area contributed by atoms with Gasteiger partial charge in [0, 0.05) is 37.7 Å². The van der Waals surface area contributed by atoms with Crippen LogP contribution in [0.15, 0.2) is 28.2 Å². The predicted octanol–water partition coefficient (Wildman–Crippen LogP) is 2.73. The number of nitrogens with one attached hydrogen (secondary N) is 2. The van der Waals surface area contributed by atoms with Crippen LogP contribution in [0.4, 0.5) is 30.7 Å². The number of amidine groups is 1. The third-order valence-electron chi connectivity index (χ3n) is 5.13. The number of alkyl halides is 7. The van der Waals surface area contributed by atoms with Gasteiger partial charge in [0.25, 0.3) is 5.92 Å². The van der Waals surface area contributed by atoms with Crippen molar-refractivity contribution in [2.75, 3.05) is 0 Å². The molecular weight excluding hydrogens is 437 g/mol. The van der Waals surface area contributed by atoms with Crippen molar-refractivity contribution in [2.24, 2.45) is 21.6 Å². The highest BCUT2D eigenvalue weighted by molar-refractivity contribution is 6.09. The molecule has 1 atom stereocenters. The van der Waals surface area contributed by atoms with Crippen LogP contribution in [0.1, 0.15) is 31.4 Å². The standard InChI is InChI=1S/C17H17F7N6O/c18-14(19)4-8(5-14)16(25)29-12(10-2-1-3-11(27-10)31-17(22,23)24)28-13(30-16)26-9-6-15(20,21)7-9/h1-3,8-9H,4-7,25H2,(H2,26,28,29,30). The van der Waals surface area contributed by atoms with Crippen LogP contribution in [-0.2, 0) is 0 Å². The number of hydrogen-bond acceptors (Lipinski definition) is 5. The Morgan fingerprint density at radius 2 is 1.71 bits per heavy atom. The minimum absolute atomic E-state index is 0.104. The van der Waals surface area contributed by atoms with Crippen molar-refractivity contribution in [1.29, 1.82) is 0 Å². The summed E-state index contributed by atoms with van der Waals surface area (Å²) in [4.78, 5) is 12.0. The fourth-order valence-electron chi connectivity index (χ4n) is 3.55. The van der Waals surface area contributed by atoms with Gasteiger partial charge in [-0.1, -0.05) is 6.07 Å². The molecule has 2 heterocycles. The van der Waals surface area contributed by atoms with Crippen LogP contribution >= 0.6 is 0 Å². The third-order valence-corrected chi connectivity index (χ3v) is 5.13. The predicted molar refractivity (Wildman–Crippen MR) is 93.7 cm³/mol. The van der Waals surface area contributed by atoms with Gasteiger partial charge in [0.15, 0.2) is 17.6 Å². The number of ether oxygens (including phenoxy) is 1. The molecule has 1 aromatic rings. The van der Waals surface area contributed by atoms with Crippen LogP contribution < -0.4 is 21.1 Å². The summed E-state index contributed by atoms with van der Waals surface area (Å²) in [5, 5.41) is 5.30. The monoisotopic (exact) mass is 454 g/mol. The molecule has 0 amide bonds. The van der Waals surface area contributed by atoms with E-state index in [1.807, 2.05) is 0 Å². The van der Waals surface area contributed by atoms with E-state index in [1.165, 1.54) is 12.1 Å². The highest BCUT2D eigenvalue weighted by Gasteiger charge is 2.55. The van der Waals surface area contributed by atoms with Crippen LogP contribution in [0.25, 0.3) is 0 Å². The number of nitrogens with zero attached hydrogens (tertiary/aromatic N) is 3. The fourth-order valence-corrected chi connectivity index (χ4v) is 3.55. The maximum absolute atomic E-state index is 13.4. The van der Waals surface area contributed by atoms with Gasteiger partial charge >= 0.3 is 6.36 Å². The molecule has 31 heavy (non-hydrogen) atoms. The first-order valence-corrected chi connectivity index (χ1v) is 9.23. The average molecular weight is 454 g/mol. The number of rotatable bonds is 4. The normalized spacial score (nSPS) is 29.3. The van der Waals surface area contributed by atoms with Crippen molar-refractivity contribution in [2.45, 2.75) is 55.7 Å². The first-order chi connectivity index (χ1) is 14.2. The van der Waals surface area contributed by atoms with Crippen molar-refractivity contribution >= 4 is 11.8 Å². The molecule has 1 aliphatic heterocycles. The molecule has 1 unspecified atom stereocenters. The molecule has 3 aliphatic rings. The molecule has 7 nitrogen and oxygen atoms in total. The quantitative estimate of drug-likeness (QED) is 0.608. The molecule has 0 saturated heterocycles. The van der Waals surface area contributed by atoms with Crippen molar-refractivity contribution in [3.05, 3.63) is 23.9 Å². The minimum Gasteiger partial charge on any atom is -0.388 e. The second-order valence-corrected chi connectivity index (χ2v) is 7.80. The van der Waals surface area contributed by atoms with Gasteiger partial charge in [-0.2, -0.15) is 0 Å². The molecule has 0 bridgehead atoms. The third kappa shape index (κ3) is 4.83. The first kappa shape index (κ1) is 21.6. The molecule has 0 spiro atoms. The molecule has 4 N–H and O–H groups in total. The Labute approximate surface area is 171 Å². The van der Waals surface area contributed by atoms with E-state index >= 15 is 0 Å². The Balaban J connectivity index is 1.63. The SMILES string of the molecule is NC1(C2CC(F)(F)C2)N=C(c2cccc(OC(F)(F)F)n2)NC(=NC2CC(F)(F)C2)N1. The van der Waals surface area contributed by atoms with Gasteiger partial charge in [-0.25, -0.2) is 32.5 Å². The molecule has 2 aliphatic carbocycles. The Kier molecular flexibility index (Phi) is 4.83. The molecule has 170 valence electrons. The van der Waals surface area contributed by atoms with Gasteiger partial charge in [0.05, 0.1) is 6.04 Å². The molecule has 1 aromatic heterocycles. The average Bonchev–Trinajstić information content (AvgIpc) is 2.56. The lowest BCUT2D eigenvalue weighted by Crippen LogP contribution is -2.70. The molecule has 0 aromatic carbocycles. The summed E-state index contributed by atoms with van der Waals surface area (Å²) in [5.41, 5.74) is 6.06. The van der Waals surface area contributed by atoms with E-state index in [9.17, 15) is 30.7 Å². The van der Waals surface area contributed by atoms with Gasteiger partial charge in [0.1, 0.15) is 5.69 Å². The van der Waals surface area contributed by atoms with Crippen LogP contribution in [0.5, 0.6) is 5.88 Å². The molecule has 2 saturated carbocycles. The van der Waals surface area contributed by atoms with Crippen molar-refractivity contribution in [1.82, 2.24) is 15.6 Å². The van der Waals surface area contributed by atoms with Crippen molar-refractivity contribution in [3.8, 4) is 5.88 Å². The van der Waals surface area contributed by atoms with Gasteiger partial charge in [-0.3, -0.25) is 5.73 Å². The zero-order valence-corrected chi connectivity index (χ0v) is 15.7. The molecule has 14 heteroatoms. The van der Waals surface area contributed by atoms with Gasteiger partial charge in [-0.15, -0.1) is 13.2 Å². The van der Waals surface area contributed by atoms with Crippen LogP contribution in [0.2, 0.25) is 0 Å². The molecular formula is C17H17F7N6O. The van der Waals surface area contributed by atoms with Gasteiger partial charge in [-0.05, 0) is 6.07 Å². The summed E-state index contributed by atoms with van der Waals surface area (Å²) in [7, 11) is 0. The summed E-state index contributed by atoms with van der Waals surface area (Å²) in [5.74, 6) is -9.42. The number of hydrogen-bond donors (Lipinski definition) is 3. The molecule has 4 rings (SSSR count). The minimum atomic E-state index is -4.98. The Morgan fingerprint density at radius 3 is 2.29 bits per heavy atom. The van der Waals surface area contributed by atoms with Gasteiger partial charge in [0.2, 0.25) is 11.8 Å². The number of aromatic nitrogens is 1. The summed E-state index contributed by atoms with van der Waals surface area (Å²) in [6.45, 7) is 0. The van der Waals surface area contributed by atoms with Crippen molar-refractivity contribution in [3.63, 3.8) is 0 Å². The Hall–Kier alpha value is -2.64. The zero-order valence-electron chi connectivity index (χ0n) is 15.7. The lowest BCUT2D eigenvalue weighted by molar-refractivity contribution is -0.276. The summed E-state index contributed by atoms with van der Waals surface area (Å²) in [6.07, 6.45) is -7.14. The van der Waals surface area contributed by atoms with Gasteiger partial charge < -0.3 is 15.4 Å². The molecule has 2 fully saturated rings. The molecule has 0 radical (unpaired) electrons. The lowest BCUT2D eigenvalue weighted by Gasteiger charge is -2.46.